The summed E-state index contributed by atoms with van der Waals surface area (Å²) < 4.78 is 19.9. The van der Waals surface area contributed by atoms with E-state index in [1.54, 1.807) is 11.3 Å². The van der Waals surface area contributed by atoms with Crippen LogP contribution in [-0.4, -0.2) is 24.1 Å². The summed E-state index contributed by atoms with van der Waals surface area (Å²) in [5, 5.41) is 4.13. The number of hydrogen-bond acceptors (Lipinski definition) is 7. The molecule has 1 aliphatic heterocycles. The molecule has 0 amide bonds. The summed E-state index contributed by atoms with van der Waals surface area (Å²) in [4.78, 5) is 28.0. The van der Waals surface area contributed by atoms with E-state index in [9.17, 15) is 9.59 Å². The first-order valence-electron chi connectivity index (χ1n) is 16.9. The van der Waals surface area contributed by atoms with Gasteiger partial charge in [0.05, 0.1) is 12.0 Å². The number of esters is 1. The van der Waals surface area contributed by atoms with E-state index in [1.165, 1.54) is 0 Å². The van der Waals surface area contributed by atoms with E-state index in [1.807, 2.05) is 118 Å². The smallest absolute Gasteiger partial charge is 0.312 e. The number of benzene rings is 4. The standard InChI is InChI=1S/C43H40O5S2/c1-27(2)25-46-43(30-19-22-50-26-30)33-12-7-6-11-31(33)39(44)32-23-28(15-17-34(32)43)29-16-18-38-36(24-29)42(20-10-21-49,48-40(45)41(3,4)5)35-13-8-9-14-37(35)47-38/h6-9,11-19,22-24,26,49H,1,10,20-21,25H2,2-5H3. The Morgan fingerprint density at radius 3 is 2.26 bits per heavy atom. The summed E-state index contributed by atoms with van der Waals surface area (Å²) >= 11 is 6.14. The minimum atomic E-state index is -1.10. The molecule has 7 heteroatoms. The molecule has 0 saturated heterocycles. The zero-order chi connectivity index (χ0) is 35.3. The number of rotatable bonds is 9. The normalized spacial score (nSPS) is 19.0. The number of hydrogen-bond donors (Lipinski definition) is 1. The Kier molecular flexibility index (Phi) is 8.87. The van der Waals surface area contributed by atoms with Crippen molar-refractivity contribution in [3.63, 3.8) is 0 Å². The average molecular weight is 701 g/mol. The lowest BCUT2D eigenvalue weighted by Crippen LogP contribution is -2.40. The Hall–Kier alpha value is -4.43. The summed E-state index contributed by atoms with van der Waals surface area (Å²) in [7, 11) is 0. The predicted octanol–water partition coefficient (Wildman–Crippen LogP) is 10.5. The number of carbonyl (C=O) groups is 2. The van der Waals surface area contributed by atoms with Gasteiger partial charge < -0.3 is 14.2 Å². The molecule has 5 aromatic rings. The molecular formula is C43H40O5S2. The van der Waals surface area contributed by atoms with E-state index in [-0.39, 0.29) is 11.8 Å². The van der Waals surface area contributed by atoms with Gasteiger partial charge in [-0.15, -0.1) is 0 Å². The molecule has 7 rings (SSSR count). The molecular weight excluding hydrogens is 661 g/mol. The van der Waals surface area contributed by atoms with E-state index >= 15 is 0 Å². The molecule has 254 valence electrons. The highest BCUT2D eigenvalue weighted by molar-refractivity contribution is 7.80. The van der Waals surface area contributed by atoms with E-state index in [0.717, 1.165) is 44.5 Å². The molecule has 0 bridgehead atoms. The fourth-order valence-electron chi connectivity index (χ4n) is 7.08. The number of thiol groups is 1. The van der Waals surface area contributed by atoms with Crippen molar-refractivity contribution >= 4 is 35.7 Å². The molecule has 0 spiro atoms. The molecule has 1 aromatic heterocycles. The van der Waals surface area contributed by atoms with Gasteiger partial charge in [-0.05, 0) is 98.5 Å². The van der Waals surface area contributed by atoms with Gasteiger partial charge in [0, 0.05) is 38.9 Å². The fraction of sp³-hybridized carbons (Fsp3) is 0.256. The van der Waals surface area contributed by atoms with Crippen LogP contribution in [0.4, 0.5) is 0 Å². The third-order valence-electron chi connectivity index (χ3n) is 9.51. The van der Waals surface area contributed by atoms with Crippen molar-refractivity contribution in [1.29, 1.82) is 0 Å². The predicted molar refractivity (Wildman–Crippen MR) is 203 cm³/mol. The molecule has 2 atom stereocenters. The van der Waals surface area contributed by atoms with Crippen LogP contribution in [0, 0.1) is 5.41 Å². The van der Waals surface area contributed by atoms with Gasteiger partial charge in [-0.1, -0.05) is 72.8 Å². The van der Waals surface area contributed by atoms with Gasteiger partial charge in [-0.2, -0.15) is 24.0 Å². The van der Waals surface area contributed by atoms with Crippen molar-refractivity contribution in [3.05, 3.63) is 153 Å². The number of carbonyl (C=O) groups excluding carboxylic acids is 2. The van der Waals surface area contributed by atoms with E-state index in [0.29, 0.717) is 47.8 Å². The lowest BCUT2D eigenvalue weighted by molar-refractivity contribution is -0.168. The van der Waals surface area contributed by atoms with Crippen LogP contribution in [0.25, 0.3) is 11.1 Å². The summed E-state index contributed by atoms with van der Waals surface area (Å²) in [6.07, 6.45) is 1.23. The first-order valence-corrected chi connectivity index (χ1v) is 18.4. The first kappa shape index (κ1) is 34.0. The third kappa shape index (κ3) is 5.62. The van der Waals surface area contributed by atoms with E-state index < -0.39 is 16.6 Å². The molecule has 1 aliphatic carbocycles. The third-order valence-corrected chi connectivity index (χ3v) is 10.5. The number of ketones is 1. The minimum Gasteiger partial charge on any atom is -0.456 e. The van der Waals surface area contributed by atoms with Crippen molar-refractivity contribution in [2.45, 2.75) is 51.7 Å². The Morgan fingerprint density at radius 2 is 1.54 bits per heavy atom. The lowest BCUT2D eigenvalue weighted by Gasteiger charge is -2.41. The highest BCUT2D eigenvalue weighted by Crippen LogP contribution is 2.54. The van der Waals surface area contributed by atoms with Crippen LogP contribution in [0.1, 0.15) is 84.3 Å². The summed E-state index contributed by atoms with van der Waals surface area (Å²) in [6, 6.07) is 29.6. The lowest BCUT2D eigenvalue weighted by atomic mass is 9.70. The van der Waals surface area contributed by atoms with Gasteiger partial charge in [0.2, 0.25) is 0 Å². The van der Waals surface area contributed by atoms with Crippen LogP contribution in [0.2, 0.25) is 0 Å². The maximum atomic E-state index is 14.3. The number of ether oxygens (including phenoxy) is 3. The minimum absolute atomic E-state index is 0.0558. The molecule has 5 nitrogen and oxygen atoms in total. The van der Waals surface area contributed by atoms with Crippen LogP contribution < -0.4 is 4.74 Å². The van der Waals surface area contributed by atoms with Crippen LogP contribution in [0.15, 0.2) is 114 Å². The number of thiophene rings is 1. The SMILES string of the molecule is C=C(C)COC1(c2ccsc2)c2ccccc2C(=O)c2cc(-c3ccc4c(c3)C(CCCS)(OC(=O)C(C)(C)C)c3ccccc3O4)ccc21. The van der Waals surface area contributed by atoms with Crippen molar-refractivity contribution in [1.82, 2.24) is 0 Å². The van der Waals surface area contributed by atoms with E-state index in [4.69, 9.17) is 14.2 Å². The Labute approximate surface area is 303 Å². The second kappa shape index (κ2) is 13.0. The van der Waals surface area contributed by atoms with Gasteiger partial charge in [0.15, 0.2) is 11.4 Å². The topological polar surface area (TPSA) is 61.8 Å². The second-order valence-corrected chi connectivity index (χ2v) is 15.4. The summed E-state index contributed by atoms with van der Waals surface area (Å²) in [5.74, 6) is 1.55. The molecule has 4 aromatic carbocycles. The number of para-hydroxylation sites is 1. The zero-order valence-electron chi connectivity index (χ0n) is 28.7. The maximum Gasteiger partial charge on any atom is 0.312 e. The van der Waals surface area contributed by atoms with Crippen molar-refractivity contribution in [2.75, 3.05) is 12.4 Å². The molecule has 0 fully saturated rings. The molecule has 2 aliphatic rings. The maximum absolute atomic E-state index is 14.3. The highest BCUT2D eigenvalue weighted by Gasteiger charge is 2.48. The van der Waals surface area contributed by atoms with Crippen molar-refractivity contribution in [2.24, 2.45) is 5.41 Å². The van der Waals surface area contributed by atoms with Gasteiger partial charge in [-0.25, -0.2) is 0 Å². The van der Waals surface area contributed by atoms with Crippen LogP contribution in [-0.2, 0) is 25.5 Å². The van der Waals surface area contributed by atoms with Crippen LogP contribution in [0.3, 0.4) is 0 Å². The van der Waals surface area contributed by atoms with Gasteiger partial charge >= 0.3 is 5.97 Å². The quantitative estimate of drug-likeness (QED) is 0.0942. The molecule has 2 unspecified atom stereocenters. The van der Waals surface area contributed by atoms with Gasteiger partial charge in [0.1, 0.15) is 17.1 Å². The van der Waals surface area contributed by atoms with Crippen LogP contribution >= 0.6 is 24.0 Å². The monoisotopic (exact) mass is 700 g/mol. The molecule has 50 heavy (non-hydrogen) atoms. The number of fused-ring (bicyclic) bond motifs is 4. The average Bonchev–Trinajstić information content (AvgIpc) is 3.66. The Bertz CT molecular complexity index is 2130. The zero-order valence-corrected chi connectivity index (χ0v) is 30.5. The molecule has 2 heterocycles. The Morgan fingerprint density at radius 1 is 0.860 bits per heavy atom. The second-order valence-electron chi connectivity index (χ2n) is 14.2. The van der Waals surface area contributed by atoms with E-state index in [2.05, 4.69) is 30.7 Å². The summed E-state index contributed by atoms with van der Waals surface area (Å²) in [6.45, 7) is 12.0. The summed E-state index contributed by atoms with van der Waals surface area (Å²) in [5.41, 5.74) is 5.13. The first-order chi connectivity index (χ1) is 24.0. The van der Waals surface area contributed by atoms with Gasteiger partial charge in [-0.3, -0.25) is 9.59 Å². The van der Waals surface area contributed by atoms with Crippen molar-refractivity contribution in [3.8, 4) is 22.6 Å². The Balaban J connectivity index is 1.42. The van der Waals surface area contributed by atoms with Gasteiger partial charge in [0.25, 0.3) is 0 Å². The highest BCUT2D eigenvalue weighted by atomic mass is 32.1. The molecule has 0 radical (unpaired) electrons. The fourth-order valence-corrected chi connectivity index (χ4v) is 7.93. The largest absolute Gasteiger partial charge is 0.456 e. The molecule has 0 N–H and O–H groups in total. The molecule has 0 saturated carbocycles. The van der Waals surface area contributed by atoms with Crippen molar-refractivity contribution < 1.29 is 23.8 Å². The van der Waals surface area contributed by atoms with Crippen LogP contribution in [0.5, 0.6) is 11.5 Å².